The van der Waals surface area contributed by atoms with Crippen LogP contribution in [0.2, 0.25) is 0 Å². The molecule has 7 heteroatoms. The first kappa shape index (κ1) is 15.3. The molecule has 1 heterocycles. The number of carbonyl (C=O) groups is 3. The highest BCUT2D eigenvalue weighted by atomic mass is 16.4. The predicted molar refractivity (Wildman–Crippen MR) is 68.3 cm³/mol. The number of hydrogen-bond acceptors (Lipinski definition) is 3. The van der Waals surface area contributed by atoms with Gasteiger partial charge < -0.3 is 21.1 Å². The van der Waals surface area contributed by atoms with Gasteiger partial charge in [0.25, 0.3) is 0 Å². The number of urea groups is 1. The molecule has 1 rings (SSSR count). The molecule has 0 saturated carbocycles. The summed E-state index contributed by atoms with van der Waals surface area (Å²) < 4.78 is 0. The Morgan fingerprint density at radius 1 is 1.42 bits per heavy atom. The molecule has 19 heavy (non-hydrogen) atoms. The van der Waals surface area contributed by atoms with Crippen molar-refractivity contribution < 1.29 is 19.5 Å². The number of likely N-dealkylation sites (tertiary alicyclic amines) is 1. The standard InChI is InChI=1S/C12H21N3O4/c1-7-8(9(16)17)4-5-15(7)11(19)14-6-12(2,3)10(13)18/h7-8H,4-6H2,1-3H3,(H2,13,18)(H,14,19)(H,16,17). The average molecular weight is 271 g/mol. The molecule has 108 valence electrons. The monoisotopic (exact) mass is 271 g/mol. The van der Waals surface area contributed by atoms with Gasteiger partial charge in [-0.1, -0.05) is 0 Å². The fourth-order valence-electron chi connectivity index (χ4n) is 2.04. The van der Waals surface area contributed by atoms with E-state index >= 15 is 0 Å². The summed E-state index contributed by atoms with van der Waals surface area (Å²) in [6.07, 6.45) is 0.448. The molecule has 4 N–H and O–H groups in total. The third-order valence-electron chi connectivity index (χ3n) is 3.68. The normalized spacial score (nSPS) is 23.2. The van der Waals surface area contributed by atoms with E-state index in [1.165, 1.54) is 4.90 Å². The van der Waals surface area contributed by atoms with E-state index in [9.17, 15) is 14.4 Å². The van der Waals surface area contributed by atoms with E-state index in [0.717, 1.165) is 0 Å². The average Bonchev–Trinajstić information content (AvgIpc) is 2.68. The number of aliphatic carboxylic acids is 1. The fourth-order valence-corrected chi connectivity index (χ4v) is 2.04. The molecule has 0 spiro atoms. The highest BCUT2D eigenvalue weighted by molar-refractivity contribution is 5.82. The summed E-state index contributed by atoms with van der Waals surface area (Å²) in [5.74, 6) is -1.92. The summed E-state index contributed by atoms with van der Waals surface area (Å²) in [5, 5.41) is 11.6. The van der Waals surface area contributed by atoms with E-state index < -0.39 is 23.2 Å². The Hall–Kier alpha value is -1.79. The van der Waals surface area contributed by atoms with Crippen molar-refractivity contribution in [1.82, 2.24) is 10.2 Å². The van der Waals surface area contributed by atoms with Crippen LogP contribution in [0.1, 0.15) is 27.2 Å². The van der Waals surface area contributed by atoms with Crippen LogP contribution in [-0.2, 0) is 9.59 Å². The molecular formula is C12H21N3O4. The largest absolute Gasteiger partial charge is 0.481 e. The molecule has 3 amide bonds. The second-order valence-corrected chi connectivity index (χ2v) is 5.57. The maximum atomic E-state index is 12.0. The summed E-state index contributed by atoms with van der Waals surface area (Å²) in [4.78, 5) is 35.6. The Labute approximate surface area is 112 Å². The number of carboxylic acids is 1. The van der Waals surface area contributed by atoms with Crippen molar-refractivity contribution in [2.45, 2.75) is 33.2 Å². The van der Waals surface area contributed by atoms with Crippen LogP contribution in [-0.4, -0.2) is 47.0 Å². The fraction of sp³-hybridized carbons (Fsp3) is 0.750. The molecule has 1 aliphatic rings. The van der Waals surface area contributed by atoms with E-state index in [0.29, 0.717) is 13.0 Å². The Bertz CT molecular complexity index is 394. The Kier molecular flexibility index (Phi) is 4.39. The van der Waals surface area contributed by atoms with Crippen molar-refractivity contribution in [3.8, 4) is 0 Å². The van der Waals surface area contributed by atoms with Crippen molar-refractivity contribution in [3.63, 3.8) is 0 Å². The number of nitrogens with two attached hydrogens (primary N) is 1. The van der Waals surface area contributed by atoms with Crippen LogP contribution in [0.4, 0.5) is 4.79 Å². The SMILES string of the molecule is CC1C(C(=O)O)CCN1C(=O)NCC(C)(C)C(N)=O. The molecule has 2 atom stereocenters. The third kappa shape index (κ3) is 3.36. The maximum absolute atomic E-state index is 12.0. The van der Waals surface area contributed by atoms with Crippen LogP contribution in [0.3, 0.4) is 0 Å². The first-order chi connectivity index (χ1) is 8.66. The number of carboxylic acid groups (broad SMARTS) is 1. The quantitative estimate of drug-likeness (QED) is 0.668. The number of primary amides is 1. The molecule has 0 radical (unpaired) electrons. The van der Waals surface area contributed by atoms with Gasteiger partial charge in [-0.2, -0.15) is 0 Å². The molecular weight excluding hydrogens is 250 g/mol. The van der Waals surface area contributed by atoms with E-state index in [1.807, 2.05) is 0 Å². The van der Waals surface area contributed by atoms with Gasteiger partial charge in [0.05, 0.1) is 11.3 Å². The minimum Gasteiger partial charge on any atom is -0.481 e. The molecule has 7 nitrogen and oxygen atoms in total. The van der Waals surface area contributed by atoms with Gasteiger partial charge in [-0.25, -0.2) is 4.79 Å². The number of rotatable bonds is 4. The predicted octanol–water partition coefficient (Wildman–Crippen LogP) is 0.00250. The molecule has 2 unspecified atom stereocenters. The summed E-state index contributed by atoms with van der Waals surface area (Å²) in [7, 11) is 0. The van der Waals surface area contributed by atoms with E-state index in [4.69, 9.17) is 10.8 Å². The molecule has 0 aromatic rings. The zero-order chi connectivity index (χ0) is 14.8. The number of hydrogen-bond donors (Lipinski definition) is 3. The molecule has 1 saturated heterocycles. The highest BCUT2D eigenvalue weighted by Crippen LogP contribution is 2.24. The number of amides is 3. The Balaban J connectivity index is 2.56. The van der Waals surface area contributed by atoms with Crippen molar-refractivity contribution in [2.24, 2.45) is 17.1 Å². The zero-order valence-corrected chi connectivity index (χ0v) is 11.5. The van der Waals surface area contributed by atoms with Gasteiger partial charge in [0.2, 0.25) is 5.91 Å². The first-order valence-electron chi connectivity index (χ1n) is 6.24. The number of nitrogens with zero attached hydrogens (tertiary/aromatic N) is 1. The van der Waals surface area contributed by atoms with Crippen LogP contribution in [0.15, 0.2) is 0 Å². The van der Waals surface area contributed by atoms with Gasteiger partial charge in [0, 0.05) is 19.1 Å². The van der Waals surface area contributed by atoms with Gasteiger partial charge in [0.15, 0.2) is 0 Å². The van der Waals surface area contributed by atoms with Crippen LogP contribution in [0.5, 0.6) is 0 Å². The first-order valence-corrected chi connectivity index (χ1v) is 6.24. The Morgan fingerprint density at radius 2 is 2.00 bits per heavy atom. The van der Waals surface area contributed by atoms with Crippen LogP contribution < -0.4 is 11.1 Å². The van der Waals surface area contributed by atoms with Gasteiger partial charge in [-0.15, -0.1) is 0 Å². The van der Waals surface area contributed by atoms with Crippen LogP contribution >= 0.6 is 0 Å². The van der Waals surface area contributed by atoms with Gasteiger partial charge in [0.1, 0.15) is 0 Å². The molecule has 0 aromatic carbocycles. The number of nitrogens with one attached hydrogen (secondary N) is 1. The lowest BCUT2D eigenvalue weighted by molar-refractivity contribution is -0.142. The summed E-state index contributed by atoms with van der Waals surface area (Å²) in [6, 6.07) is -0.709. The second-order valence-electron chi connectivity index (χ2n) is 5.57. The van der Waals surface area contributed by atoms with Gasteiger partial charge in [-0.05, 0) is 27.2 Å². The Morgan fingerprint density at radius 3 is 2.42 bits per heavy atom. The lowest BCUT2D eigenvalue weighted by atomic mass is 9.93. The lowest BCUT2D eigenvalue weighted by Gasteiger charge is -2.26. The topological polar surface area (TPSA) is 113 Å². The van der Waals surface area contributed by atoms with Crippen molar-refractivity contribution in [3.05, 3.63) is 0 Å². The number of carbonyl (C=O) groups excluding carboxylic acids is 2. The molecule has 0 aliphatic carbocycles. The van der Waals surface area contributed by atoms with Gasteiger partial charge >= 0.3 is 12.0 Å². The smallest absolute Gasteiger partial charge is 0.317 e. The summed E-state index contributed by atoms with van der Waals surface area (Å²) in [5.41, 5.74) is 4.39. The molecule has 1 aliphatic heterocycles. The van der Waals surface area contributed by atoms with Crippen molar-refractivity contribution >= 4 is 17.9 Å². The highest BCUT2D eigenvalue weighted by Gasteiger charge is 2.38. The lowest BCUT2D eigenvalue weighted by Crippen LogP contribution is -2.48. The third-order valence-corrected chi connectivity index (χ3v) is 3.68. The van der Waals surface area contributed by atoms with Gasteiger partial charge in [-0.3, -0.25) is 9.59 Å². The molecule has 0 aromatic heterocycles. The van der Waals surface area contributed by atoms with Crippen molar-refractivity contribution in [1.29, 1.82) is 0 Å². The van der Waals surface area contributed by atoms with E-state index in [1.54, 1.807) is 20.8 Å². The second kappa shape index (κ2) is 5.46. The summed E-state index contributed by atoms with van der Waals surface area (Å²) in [6.45, 7) is 5.53. The molecule has 0 bridgehead atoms. The summed E-state index contributed by atoms with van der Waals surface area (Å²) >= 11 is 0. The maximum Gasteiger partial charge on any atom is 0.317 e. The van der Waals surface area contributed by atoms with E-state index in [-0.39, 0.29) is 18.6 Å². The van der Waals surface area contributed by atoms with Crippen LogP contribution in [0.25, 0.3) is 0 Å². The van der Waals surface area contributed by atoms with Crippen molar-refractivity contribution in [2.75, 3.05) is 13.1 Å². The van der Waals surface area contributed by atoms with Crippen LogP contribution in [0, 0.1) is 11.3 Å². The zero-order valence-electron chi connectivity index (χ0n) is 11.5. The minimum atomic E-state index is -0.889. The van der Waals surface area contributed by atoms with E-state index in [2.05, 4.69) is 5.32 Å². The minimum absolute atomic E-state index is 0.127. The molecule has 1 fully saturated rings.